The first-order chi connectivity index (χ1) is 7.24. The molecule has 0 bridgehead atoms. The van der Waals surface area contributed by atoms with E-state index < -0.39 is 0 Å². The highest BCUT2D eigenvalue weighted by atomic mass is 16.5. The molecule has 0 spiro atoms. The number of esters is 1. The largest absolute Gasteiger partial charge is 0.492 e. The summed E-state index contributed by atoms with van der Waals surface area (Å²) < 4.78 is 9.98. The van der Waals surface area contributed by atoms with Gasteiger partial charge in [0.05, 0.1) is 19.4 Å². The van der Waals surface area contributed by atoms with Crippen LogP contribution >= 0.6 is 0 Å². The number of carbonyl (C=O) groups excluding carboxylic acids is 1. The van der Waals surface area contributed by atoms with E-state index in [-0.39, 0.29) is 5.97 Å². The van der Waals surface area contributed by atoms with E-state index in [1.165, 1.54) is 7.11 Å². The molecule has 4 nitrogen and oxygen atoms in total. The number of methoxy groups -OCH3 is 1. The van der Waals surface area contributed by atoms with E-state index in [4.69, 9.17) is 4.74 Å². The molecule has 1 heterocycles. The third-order valence-corrected chi connectivity index (χ3v) is 1.97. The minimum atomic E-state index is -0.207. The van der Waals surface area contributed by atoms with Gasteiger partial charge in [0, 0.05) is 12.6 Å². The fourth-order valence-corrected chi connectivity index (χ4v) is 1.12. The Morgan fingerprint density at radius 1 is 1.53 bits per heavy atom. The molecule has 1 rings (SSSR count). The summed E-state index contributed by atoms with van der Waals surface area (Å²) in [5.41, 5.74) is 0.857. The van der Waals surface area contributed by atoms with Crippen LogP contribution in [0.3, 0.4) is 0 Å². The van der Waals surface area contributed by atoms with Gasteiger partial charge in [0.1, 0.15) is 5.75 Å². The molecule has 0 amide bonds. The van der Waals surface area contributed by atoms with Gasteiger partial charge in [-0.15, -0.1) is 0 Å². The maximum atomic E-state index is 10.8. The quantitative estimate of drug-likeness (QED) is 0.547. The molecule has 15 heavy (non-hydrogen) atoms. The van der Waals surface area contributed by atoms with Crippen LogP contribution in [0.25, 0.3) is 0 Å². The zero-order chi connectivity index (χ0) is 11.1. The van der Waals surface area contributed by atoms with Crippen LogP contribution in [0.4, 0.5) is 0 Å². The predicted molar refractivity (Wildman–Crippen MR) is 55.7 cm³/mol. The van der Waals surface area contributed by atoms with E-state index in [1.54, 1.807) is 6.20 Å². The number of ether oxygens (including phenoxy) is 2. The van der Waals surface area contributed by atoms with Gasteiger partial charge >= 0.3 is 5.97 Å². The highest BCUT2D eigenvalue weighted by Gasteiger charge is 2.01. The standard InChI is InChI=1S/C11H15NO3/c1-9-10(5-3-7-12-9)15-8-4-6-11(13)14-2/h3,5,7H,4,6,8H2,1-2H3. The Morgan fingerprint density at radius 2 is 2.33 bits per heavy atom. The van der Waals surface area contributed by atoms with Crippen LogP contribution in [-0.2, 0) is 9.53 Å². The number of aromatic nitrogens is 1. The molecule has 0 saturated heterocycles. The fourth-order valence-electron chi connectivity index (χ4n) is 1.12. The number of aryl methyl sites for hydroxylation is 1. The minimum absolute atomic E-state index is 0.207. The van der Waals surface area contributed by atoms with E-state index in [1.807, 2.05) is 19.1 Å². The molecule has 0 aliphatic carbocycles. The topological polar surface area (TPSA) is 48.4 Å². The summed E-state index contributed by atoms with van der Waals surface area (Å²) in [6.45, 7) is 2.39. The van der Waals surface area contributed by atoms with E-state index in [0.29, 0.717) is 19.4 Å². The summed E-state index contributed by atoms with van der Waals surface area (Å²) in [6, 6.07) is 3.68. The molecule has 0 radical (unpaired) electrons. The zero-order valence-corrected chi connectivity index (χ0v) is 9.03. The summed E-state index contributed by atoms with van der Waals surface area (Å²) in [7, 11) is 1.38. The third kappa shape index (κ3) is 3.97. The van der Waals surface area contributed by atoms with E-state index in [2.05, 4.69) is 9.72 Å². The summed E-state index contributed by atoms with van der Waals surface area (Å²) >= 11 is 0. The van der Waals surface area contributed by atoms with Crippen LogP contribution in [0.1, 0.15) is 18.5 Å². The number of carbonyl (C=O) groups is 1. The van der Waals surface area contributed by atoms with Gasteiger partial charge in [-0.05, 0) is 25.5 Å². The van der Waals surface area contributed by atoms with Crippen molar-refractivity contribution < 1.29 is 14.3 Å². The Bertz CT molecular complexity index is 325. The van der Waals surface area contributed by atoms with Crippen molar-refractivity contribution in [1.82, 2.24) is 4.98 Å². The zero-order valence-electron chi connectivity index (χ0n) is 9.03. The number of hydrogen-bond acceptors (Lipinski definition) is 4. The second-order valence-electron chi connectivity index (χ2n) is 3.12. The molecular weight excluding hydrogens is 194 g/mol. The first-order valence-corrected chi connectivity index (χ1v) is 4.85. The van der Waals surface area contributed by atoms with Gasteiger partial charge in [-0.3, -0.25) is 9.78 Å². The van der Waals surface area contributed by atoms with Gasteiger partial charge in [-0.25, -0.2) is 0 Å². The summed E-state index contributed by atoms with van der Waals surface area (Å²) in [6.07, 6.45) is 2.76. The third-order valence-electron chi connectivity index (χ3n) is 1.97. The van der Waals surface area contributed by atoms with Crippen molar-refractivity contribution in [2.45, 2.75) is 19.8 Å². The maximum Gasteiger partial charge on any atom is 0.305 e. The molecule has 1 aromatic heterocycles. The van der Waals surface area contributed by atoms with Crippen molar-refractivity contribution in [3.63, 3.8) is 0 Å². The van der Waals surface area contributed by atoms with Crippen LogP contribution in [0.15, 0.2) is 18.3 Å². The molecule has 0 atom stereocenters. The van der Waals surface area contributed by atoms with Crippen molar-refractivity contribution in [2.75, 3.05) is 13.7 Å². The lowest BCUT2D eigenvalue weighted by molar-refractivity contribution is -0.140. The molecule has 0 fully saturated rings. The van der Waals surface area contributed by atoms with Gasteiger partial charge in [0.2, 0.25) is 0 Å². The molecule has 0 unspecified atom stereocenters. The van der Waals surface area contributed by atoms with Gasteiger partial charge < -0.3 is 9.47 Å². The lowest BCUT2D eigenvalue weighted by Gasteiger charge is -2.07. The Balaban J connectivity index is 2.26. The van der Waals surface area contributed by atoms with Crippen molar-refractivity contribution in [1.29, 1.82) is 0 Å². The SMILES string of the molecule is COC(=O)CCCOc1cccnc1C. The highest BCUT2D eigenvalue weighted by Crippen LogP contribution is 2.13. The lowest BCUT2D eigenvalue weighted by atomic mass is 10.3. The summed E-state index contributed by atoms with van der Waals surface area (Å²) in [5, 5.41) is 0. The highest BCUT2D eigenvalue weighted by molar-refractivity contribution is 5.68. The summed E-state index contributed by atoms with van der Waals surface area (Å²) in [4.78, 5) is 14.9. The monoisotopic (exact) mass is 209 g/mol. The number of hydrogen-bond donors (Lipinski definition) is 0. The molecule has 82 valence electrons. The first kappa shape index (κ1) is 11.5. The number of rotatable bonds is 5. The molecule has 0 aromatic carbocycles. The molecule has 4 heteroatoms. The summed E-state index contributed by atoms with van der Waals surface area (Å²) in [5.74, 6) is 0.559. The van der Waals surface area contributed by atoms with Crippen molar-refractivity contribution in [3.05, 3.63) is 24.0 Å². The maximum absolute atomic E-state index is 10.8. The lowest BCUT2D eigenvalue weighted by Crippen LogP contribution is -2.05. The minimum Gasteiger partial charge on any atom is -0.492 e. The molecule has 0 N–H and O–H groups in total. The second-order valence-corrected chi connectivity index (χ2v) is 3.12. The van der Waals surface area contributed by atoms with Crippen LogP contribution in [0.5, 0.6) is 5.75 Å². The molecule has 0 aliphatic heterocycles. The number of nitrogens with zero attached hydrogens (tertiary/aromatic N) is 1. The van der Waals surface area contributed by atoms with E-state index in [0.717, 1.165) is 11.4 Å². The first-order valence-electron chi connectivity index (χ1n) is 4.85. The van der Waals surface area contributed by atoms with Gasteiger partial charge in [0.15, 0.2) is 0 Å². The van der Waals surface area contributed by atoms with Crippen molar-refractivity contribution in [3.8, 4) is 5.75 Å². The predicted octanol–water partition coefficient (Wildman–Crippen LogP) is 1.72. The van der Waals surface area contributed by atoms with Crippen molar-refractivity contribution in [2.24, 2.45) is 0 Å². The molecule has 1 aromatic rings. The molecule has 0 saturated carbocycles. The van der Waals surface area contributed by atoms with Crippen LogP contribution in [0.2, 0.25) is 0 Å². The average Bonchev–Trinajstić information content (AvgIpc) is 2.26. The Hall–Kier alpha value is -1.58. The molecular formula is C11H15NO3. The Kier molecular flexibility index (Phi) is 4.60. The Morgan fingerprint density at radius 3 is 3.00 bits per heavy atom. The van der Waals surface area contributed by atoms with Crippen LogP contribution < -0.4 is 4.74 Å². The average molecular weight is 209 g/mol. The van der Waals surface area contributed by atoms with Gasteiger partial charge in [0.25, 0.3) is 0 Å². The van der Waals surface area contributed by atoms with Crippen molar-refractivity contribution >= 4 is 5.97 Å². The van der Waals surface area contributed by atoms with Crippen LogP contribution in [0, 0.1) is 6.92 Å². The smallest absolute Gasteiger partial charge is 0.305 e. The molecule has 0 aliphatic rings. The van der Waals surface area contributed by atoms with E-state index in [9.17, 15) is 4.79 Å². The van der Waals surface area contributed by atoms with Gasteiger partial charge in [-0.1, -0.05) is 0 Å². The number of pyridine rings is 1. The van der Waals surface area contributed by atoms with Crippen LogP contribution in [-0.4, -0.2) is 24.7 Å². The normalized spacial score (nSPS) is 9.73. The van der Waals surface area contributed by atoms with Gasteiger partial charge in [-0.2, -0.15) is 0 Å². The second kappa shape index (κ2) is 6.01. The Labute approximate surface area is 89.2 Å². The fraction of sp³-hybridized carbons (Fsp3) is 0.455. The van der Waals surface area contributed by atoms with E-state index >= 15 is 0 Å².